The molecule has 0 heterocycles. The number of nitrogens with one attached hydrogen (secondary N) is 3. The van der Waals surface area contributed by atoms with Gasteiger partial charge in [-0.2, -0.15) is 0 Å². The number of nitro groups is 1. The van der Waals surface area contributed by atoms with Crippen LogP contribution in [0.15, 0.2) is 42.5 Å². The molecule has 0 unspecified atom stereocenters. The SMILES string of the molecule is O=C(NC(=S)NNC(=O)c1ccccc1[N+](=O)[O-])c1ccc(Cl)cc1Cl. The van der Waals surface area contributed by atoms with Crippen LogP contribution < -0.4 is 16.2 Å². The first-order chi connectivity index (χ1) is 12.3. The zero-order valence-corrected chi connectivity index (χ0v) is 15.1. The zero-order valence-electron chi connectivity index (χ0n) is 12.8. The molecule has 0 radical (unpaired) electrons. The molecular weight excluding hydrogens is 403 g/mol. The van der Waals surface area contributed by atoms with E-state index < -0.39 is 16.7 Å². The Morgan fingerprint density at radius 2 is 1.69 bits per heavy atom. The van der Waals surface area contributed by atoms with Crippen molar-refractivity contribution in [2.75, 3.05) is 0 Å². The van der Waals surface area contributed by atoms with Gasteiger partial charge < -0.3 is 0 Å². The minimum absolute atomic E-state index is 0.127. The average molecular weight is 413 g/mol. The number of nitro benzene ring substituents is 1. The number of hydrogen-bond acceptors (Lipinski definition) is 5. The van der Waals surface area contributed by atoms with Crippen LogP contribution in [-0.4, -0.2) is 21.9 Å². The van der Waals surface area contributed by atoms with Crippen LogP contribution in [-0.2, 0) is 0 Å². The van der Waals surface area contributed by atoms with Gasteiger partial charge in [-0.05, 0) is 36.5 Å². The summed E-state index contributed by atoms with van der Waals surface area (Å²) in [5.74, 6) is -1.41. The number of carbonyl (C=O) groups is 2. The number of halogens is 2. The van der Waals surface area contributed by atoms with Gasteiger partial charge in [-0.25, -0.2) is 0 Å². The molecule has 0 spiro atoms. The first-order valence-corrected chi connectivity index (χ1v) is 8.06. The second kappa shape index (κ2) is 8.56. The molecule has 2 aromatic rings. The summed E-state index contributed by atoms with van der Waals surface area (Å²) >= 11 is 16.6. The third-order valence-corrected chi connectivity index (χ3v) is 3.79. The Morgan fingerprint density at radius 1 is 1.00 bits per heavy atom. The lowest BCUT2D eigenvalue weighted by Crippen LogP contribution is -2.48. The van der Waals surface area contributed by atoms with Crippen molar-refractivity contribution < 1.29 is 14.5 Å². The lowest BCUT2D eigenvalue weighted by atomic mass is 10.2. The van der Waals surface area contributed by atoms with Gasteiger partial charge in [-0.3, -0.25) is 35.9 Å². The second-order valence-electron chi connectivity index (χ2n) is 4.76. The maximum Gasteiger partial charge on any atom is 0.282 e. The molecule has 0 fully saturated rings. The molecule has 11 heteroatoms. The Hall–Kier alpha value is -2.75. The largest absolute Gasteiger partial charge is 0.298 e. The summed E-state index contributed by atoms with van der Waals surface area (Å²) in [6, 6.07) is 9.67. The van der Waals surface area contributed by atoms with Gasteiger partial charge in [0.05, 0.1) is 15.5 Å². The molecule has 26 heavy (non-hydrogen) atoms. The fourth-order valence-electron chi connectivity index (χ4n) is 1.88. The first-order valence-electron chi connectivity index (χ1n) is 6.89. The molecule has 0 saturated carbocycles. The fraction of sp³-hybridized carbons (Fsp3) is 0. The van der Waals surface area contributed by atoms with Crippen LogP contribution in [0.3, 0.4) is 0 Å². The first kappa shape index (κ1) is 19.6. The predicted octanol–water partition coefficient (Wildman–Crippen LogP) is 2.85. The standard InChI is InChI=1S/C15H10Cl2N4O4S/c16-8-5-6-9(11(17)7-8)13(22)18-15(26)20-19-14(23)10-3-1-2-4-12(10)21(24)25/h1-7H,(H,19,23)(H2,18,20,22,26). The molecule has 0 aliphatic carbocycles. The van der Waals surface area contributed by atoms with Gasteiger partial charge in [0, 0.05) is 11.1 Å². The van der Waals surface area contributed by atoms with Gasteiger partial charge in [0.1, 0.15) is 5.56 Å². The number of benzene rings is 2. The Kier molecular flexibility index (Phi) is 6.45. The predicted molar refractivity (Wildman–Crippen MR) is 100 cm³/mol. The summed E-state index contributed by atoms with van der Waals surface area (Å²) < 4.78 is 0. The highest BCUT2D eigenvalue weighted by Gasteiger charge is 2.19. The normalized spacial score (nSPS) is 9.92. The lowest BCUT2D eigenvalue weighted by Gasteiger charge is -2.11. The van der Waals surface area contributed by atoms with Crippen molar-refractivity contribution in [3.05, 3.63) is 73.8 Å². The molecular formula is C15H10Cl2N4O4S. The molecule has 2 amide bonds. The number of hydrazine groups is 1. The highest BCUT2D eigenvalue weighted by atomic mass is 35.5. The van der Waals surface area contributed by atoms with Gasteiger partial charge in [-0.15, -0.1) is 0 Å². The maximum atomic E-state index is 12.1. The summed E-state index contributed by atoms with van der Waals surface area (Å²) in [4.78, 5) is 34.4. The van der Waals surface area contributed by atoms with Crippen molar-refractivity contribution in [2.24, 2.45) is 0 Å². The van der Waals surface area contributed by atoms with Crippen LogP contribution in [0.1, 0.15) is 20.7 Å². The molecule has 134 valence electrons. The number of hydrogen-bond donors (Lipinski definition) is 3. The van der Waals surface area contributed by atoms with Crippen molar-refractivity contribution in [1.82, 2.24) is 16.2 Å². The average Bonchev–Trinajstić information content (AvgIpc) is 2.59. The highest BCUT2D eigenvalue weighted by Crippen LogP contribution is 2.20. The van der Waals surface area contributed by atoms with Gasteiger partial charge in [0.15, 0.2) is 5.11 Å². The van der Waals surface area contributed by atoms with E-state index in [0.29, 0.717) is 5.02 Å². The van der Waals surface area contributed by atoms with E-state index >= 15 is 0 Å². The molecule has 8 nitrogen and oxygen atoms in total. The van der Waals surface area contributed by atoms with Gasteiger partial charge in [0.2, 0.25) is 0 Å². The number of amides is 2. The maximum absolute atomic E-state index is 12.1. The summed E-state index contributed by atoms with van der Waals surface area (Å²) in [5.41, 5.74) is 4.05. The van der Waals surface area contributed by atoms with E-state index in [0.717, 1.165) is 0 Å². The molecule has 0 bridgehead atoms. The quantitative estimate of drug-likeness (QED) is 0.405. The topological polar surface area (TPSA) is 113 Å². The van der Waals surface area contributed by atoms with Gasteiger partial charge >= 0.3 is 0 Å². The van der Waals surface area contributed by atoms with Crippen molar-refractivity contribution >= 4 is 58.0 Å². The number of para-hydroxylation sites is 1. The van der Waals surface area contributed by atoms with E-state index in [1.807, 2.05) is 0 Å². The van der Waals surface area contributed by atoms with Crippen molar-refractivity contribution in [3.63, 3.8) is 0 Å². The Morgan fingerprint density at radius 3 is 2.35 bits per heavy atom. The van der Waals surface area contributed by atoms with Crippen LogP contribution in [0.25, 0.3) is 0 Å². The van der Waals surface area contributed by atoms with E-state index in [9.17, 15) is 19.7 Å². The molecule has 0 aliphatic rings. The number of nitrogens with zero attached hydrogens (tertiary/aromatic N) is 1. The summed E-state index contributed by atoms with van der Waals surface area (Å²) in [6.45, 7) is 0. The number of thiocarbonyl (C=S) groups is 1. The van der Waals surface area contributed by atoms with Crippen LogP contribution in [0.4, 0.5) is 5.69 Å². The van der Waals surface area contributed by atoms with Crippen LogP contribution >= 0.6 is 35.4 Å². The molecule has 2 rings (SSSR count). The Bertz CT molecular complexity index is 907. The van der Waals surface area contributed by atoms with E-state index in [2.05, 4.69) is 16.2 Å². The monoisotopic (exact) mass is 412 g/mol. The summed E-state index contributed by atoms with van der Waals surface area (Å²) in [5, 5.41) is 13.5. The molecule has 0 atom stereocenters. The fourth-order valence-corrected chi connectivity index (χ4v) is 2.52. The van der Waals surface area contributed by atoms with Crippen molar-refractivity contribution in [1.29, 1.82) is 0 Å². The summed E-state index contributed by atoms with van der Waals surface area (Å²) in [7, 11) is 0. The van der Waals surface area contributed by atoms with Crippen molar-refractivity contribution in [2.45, 2.75) is 0 Å². The third-order valence-electron chi connectivity index (χ3n) is 3.04. The van der Waals surface area contributed by atoms with E-state index in [1.165, 1.54) is 42.5 Å². The molecule has 3 N–H and O–H groups in total. The van der Waals surface area contributed by atoms with E-state index in [-0.39, 0.29) is 26.9 Å². The minimum atomic E-state index is -0.793. The molecule has 0 aromatic heterocycles. The smallest absolute Gasteiger partial charge is 0.282 e. The summed E-state index contributed by atoms with van der Waals surface area (Å²) in [6.07, 6.45) is 0. The van der Waals surface area contributed by atoms with Crippen LogP contribution in [0.2, 0.25) is 10.0 Å². The lowest BCUT2D eigenvalue weighted by molar-refractivity contribution is -0.385. The zero-order chi connectivity index (χ0) is 19.3. The highest BCUT2D eigenvalue weighted by molar-refractivity contribution is 7.80. The Balaban J connectivity index is 1.97. The van der Waals surface area contributed by atoms with Crippen molar-refractivity contribution in [3.8, 4) is 0 Å². The number of carbonyl (C=O) groups excluding carboxylic acids is 2. The minimum Gasteiger partial charge on any atom is -0.298 e. The molecule has 0 saturated heterocycles. The Labute approximate surface area is 162 Å². The van der Waals surface area contributed by atoms with Crippen LogP contribution in [0.5, 0.6) is 0 Å². The third kappa shape index (κ3) is 4.88. The van der Waals surface area contributed by atoms with E-state index in [1.54, 1.807) is 0 Å². The van der Waals surface area contributed by atoms with Crippen LogP contribution in [0, 0.1) is 10.1 Å². The molecule has 0 aliphatic heterocycles. The van der Waals surface area contributed by atoms with E-state index in [4.69, 9.17) is 35.4 Å². The second-order valence-corrected chi connectivity index (χ2v) is 6.01. The number of rotatable bonds is 3. The van der Waals surface area contributed by atoms with Gasteiger partial charge in [-0.1, -0.05) is 35.3 Å². The van der Waals surface area contributed by atoms with Gasteiger partial charge in [0.25, 0.3) is 17.5 Å². The molecule has 2 aromatic carbocycles.